The first-order chi connectivity index (χ1) is 16.7. The predicted molar refractivity (Wildman–Crippen MR) is 136 cm³/mol. The Morgan fingerprint density at radius 2 is 1.83 bits per heavy atom. The van der Waals surface area contributed by atoms with Crippen molar-refractivity contribution in [2.75, 3.05) is 5.75 Å². The number of ketones is 1. The molecule has 0 aliphatic heterocycles. The number of nitrogens with one attached hydrogen (secondary N) is 1. The zero-order valence-corrected chi connectivity index (χ0v) is 20.5. The van der Waals surface area contributed by atoms with Gasteiger partial charge in [-0.05, 0) is 62.4 Å². The van der Waals surface area contributed by atoms with Crippen molar-refractivity contribution in [1.82, 2.24) is 14.9 Å². The SMILES string of the molecule is CC(C)NC(=O)c1ccc2c(=O)n(-c3cccc(F)c3)c(SCC(=O)c3cccc(Cl)c3)nc2c1. The van der Waals surface area contributed by atoms with E-state index < -0.39 is 11.4 Å². The van der Waals surface area contributed by atoms with Crippen molar-refractivity contribution < 1.29 is 14.0 Å². The maximum absolute atomic E-state index is 14.0. The standard InChI is InChI=1S/C26H21ClFN3O3S/c1-15(2)29-24(33)17-9-10-21-22(12-17)30-26(31(25(21)34)20-8-4-7-19(28)13-20)35-14-23(32)16-5-3-6-18(27)11-16/h3-13,15H,14H2,1-2H3,(H,29,33). The van der Waals surface area contributed by atoms with Crippen molar-refractivity contribution in [3.8, 4) is 5.69 Å². The van der Waals surface area contributed by atoms with Gasteiger partial charge in [-0.2, -0.15) is 0 Å². The number of amides is 1. The number of halogens is 2. The van der Waals surface area contributed by atoms with Crippen LogP contribution in [-0.4, -0.2) is 33.0 Å². The summed E-state index contributed by atoms with van der Waals surface area (Å²) in [6.07, 6.45) is 0. The van der Waals surface area contributed by atoms with Gasteiger partial charge in [0.15, 0.2) is 10.9 Å². The van der Waals surface area contributed by atoms with Gasteiger partial charge in [0, 0.05) is 22.2 Å². The van der Waals surface area contributed by atoms with Crippen LogP contribution in [0.15, 0.2) is 76.7 Å². The third-order valence-corrected chi connectivity index (χ3v) is 6.24. The molecule has 35 heavy (non-hydrogen) atoms. The van der Waals surface area contributed by atoms with Gasteiger partial charge in [0.1, 0.15) is 5.82 Å². The summed E-state index contributed by atoms with van der Waals surface area (Å²) >= 11 is 7.05. The number of thioether (sulfide) groups is 1. The van der Waals surface area contributed by atoms with E-state index in [4.69, 9.17) is 11.6 Å². The fourth-order valence-corrected chi connectivity index (χ4v) is 4.56. The van der Waals surface area contributed by atoms with E-state index in [1.807, 2.05) is 13.8 Å². The summed E-state index contributed by atoms with van der Waals surface area (Å²) in [4.78, 5) is 43.3. The monoisotopic (exact) mass is 509 g/mol. The van der Waals surface area contributed by atoms with Gasteiger partial charge >= 0.3 is 0 Å². The molecule has 0 bridgehead atoms. The Balaban J connectivity index is 1.79. The van der Waals surface area contributed by atoms with Crippen LogP contribution in [0, 0.1) is 5.82 Å². The van der Waals surface area contributed by atoms with Crippen LogP contribution in [-0.2, 0) is 0 Å². The van der Waals surface area contributed by atoms with Gasteiger partial charge in [-0.3, -0.25) is 19.0 Å². The second-order valence-corrected chi connectivity index (χ2v) is 9.48. The first kappa shape index (κ1) is 24.6. The molecular weight excluding hydrogens is 489 g/mol. The smallest absolute Gasteiger partial charge is 0.266 e. The van der Waals surface area contributed by atoms with Crippen molar-refractivity contribution in [2.45, 2.75) is 25.0 Å². The molecule has 0 radical (unpaired) electrons. The Kier molecular flexibility index (Phi) is 7.33. The summed E-state index contributed by atoms with van der Waals surface area (Å²) in [6.45, 7) is 3.70. The quantitative estimate of drug-likeness (QED) is 0.208. The van der Waals surface area contributed by atoms with Crippen molar-refractivity contribution >= 4 is 46.0 Å². The van der Waals surface area contributed by atoms with Gasteiger partial charge in [0.05, 0.1) is 22.3 Å². The summed E-state index contributed by atoms with van der Waals surface area (Å²) < 4.78 is 15.3. The zero-order valence-electron chi connectivity index (χ0n) is 18.9. The summed E-state index contributed by atoms with van der Waals surface area (Å²) in [7, 11) is 0. The van der Waals surface area contributed by atoms with E-state index in [9.17, 15) is 18.8 Å². The van der Waals surface area contributed by atoms with Crippen molar-refractivity contribution in [3.05, 3.63) is 99.1 Å². The van der Waals surface area contributed by atoms with E-state index in [1.54, 1.807) is 36.4 Å². The van der Waals surface area contributed by atoms with Gasteiger partial charge in [-0.15, -0.1) is 0 Å². The summed E-state index contributed by atoms with van der Waals surface area (Å²) in [5.74, 6) is -1.03. The van der Waals surface area contributed by atoms with Gasteiger partial charge < -0.3 is 5.32 Å². The minimum Gasteiger partial charge on any atom is -0.350 e. The second-order valence-electron chi connectivity index (χ2n) is 8.10. The van der Waals surface area contributed by atoms with Crippen LogP contribution >= 0.6 is 23.4 Å². The number of carbonyl (C=O) groups excluding carboxylic acids is 2. The Morgan fingerprint density at radius 1 is 1.06 bits per heavy atom. The number of fused-ring (bicyclic) bond motifs is 1. The number of benzene rings is 3. The molecule has 4 aromatic rings. The molecule has 1 N–H and O–H groups in total. The van der Waals surface area contributed by atoms with Gasteiger partial charge in [-0.1, -0.05) is 41.6 Å². The minimum absolute atomic E-state index is 0.0267. The molecule has 1 aromatic heterocycles. The van der Waals surface area contributed by atoms with Crippen molar-refractivity contribution in [3.63, 3.8) is 0 Å². The Morgan fingerprint density at radius 3 is 2.54 bits per heavy atom. The molecule has 9 heteroatoms. The van der Waals surface area contributed by atoms with Gasteiger partial charge in [0.25, 0.3) is 11.5 Å². The minimum atomic E-state index is -0.513. The fraction of sp³-hybridized carbons (Fsp3) is 0.154. The number of carbonyl (C=O) groups is 2. The lowest BCUT2D eigenvalue weighted by molar-refractivity contribution is 0.0942. The molecule has 0 spiro atoms. The molecule has 0 unspecified atom stereocenters. The topological polar surface area (TPSA) is 81.1 Å². The lowest BCUT2D eigenvalue weighted by Gasteiger charge is -2.14. The van der Waals surface area contributed by atoms with E-state index in [0.717, 1.165) is 11.8 Å². The highest BCUT2D eigenvalue weighted by molar-refractivity contribution is 7.99. The summed E-state index contributed by atoms with van der Waals surface area (Å²) in [5, 5.41) is 3.71. The highest BCUT2D eigenvalue weighted by Gasteiger charge is 2.18. The fourth-order valence-electron chi connectivity index (χ4n) is 3.47. The number of aromatic nitrogens is 2. The lowest BCUT2D eigenvalue weighted by atomic mass is 10.1. The molecule has 0 atom stereocenters. The first-order valence-corrected chi connectivity index (χ1v) is 12.1. The number of Topliss-reactive ketones (excluding diaryl/α,β-unsaturated/α-hetero) is 1. The van der Waals surface area contributed by atoms with Crippen LogP contribution in [0.25, 0.3) is 16.6 Å². The Hall–Kier alpha value is -3.49. The molecule has 6 nitrogen and oxygen atoms in total. The molecule has 0 fully saturated rings. The van der Waals surface area contributed by atoms with Gasteiger partial charge in [-0.25, -0.2) is 9.37 Å². The molecule has 0 saturated carbocycles. The van der Waals surface area contributed by atoms with E-state index in [2.05, 4.69) is 10.3 Å². The second kappa shape index (κ2) is 10.4. The van der Waals surface area contributed by atoms with Crippen LogP contribution in [0.2, 0.25) is 5.02 Å². The molecule has 1 heterocycles. The van der Waals surface area contributed by atoms with Gasteiger partial charge in [0.2, 0.25) is 0 Å². The van der Waals surface area contributed by atoms with Crippen LogP contribution in [0.3, 0.4) is 0 Å². The van der Waals surface area contributed by atoms with Crippen LogP contribution in [0.4, 0.5) is 4.39 Å². The van der Waals surface area contributed by atoms with E-state index in [-0.39, 0.29) is 39.7 Å². The average molecular weight is 510 g/mol. The van der Waals surface area contributed by atoms with Crippen LogP contribution in [0.1, 0.15) is 34.6 Å². The Labute approximate surface area is 210 Å². The van der Waals surface area contributed by atoms with Crippen molar-refractivity contribution in [2.24, 2.45) is 0 Å². The van der Waals surface area contributed by atoms with Crippen molar-refractivity contribution in [1.29, 1.82) is 0 Å². The highest BCUT2D eigenvalue weighted by atomic mass is 35.5. The van der Waals surface area contributed by atoms with Crippen LogP contribution in [0.5, 0.6) is 0 Å². The molecule has 0 saturated heterocycles. The number of hydrogen-bond donors (Lipinski definition) is 1. The molecule has 1 amide bonds. The molecule has 4 rings (SSSR count). The third kappa shape index (κ3) is 5.61. The maximum atomic E-state index is 14.0. The molecule has 0 aliphatic rings. The normalized spacial score (nSPS) is 11.1. The molecule has 178 valence electrons. The Bertz CT molecular complexity index is 1500. The number of hydrogen-bond acceptors (Lipinski definition) is 5. The molecule has 3 aromatic carbocycles. The highest BCUT2D eigenvalue weighted by Crippen LogP contribution is 2.24. The zero-order chi connectivity index (χ0) is 25.1. The summed E-state index contributed by atoms with van der Waals surface area (Å²) in [5.41, 5.74) is 0.931. The van der Waals surface area contributed by atoms with E-state index in [1.165, 1.54) is 34.9 Å². The average Bonchev–Trinajstić information content (AvgIpc) is 2.81. The predicted octanol–water partition coefficient (Wildman–Crippen LogP) is 5.29. The lowest BCUT2D eigenvalue weighted by Crippen LogP contribution is -2.30. The maximum Gasteiger partial charge on any atom is 0.266 e. The number of nitrogens with zero attached hydrogens (tertiary/aromatic N) is 2. The summed E-state index contributed by atoms with van der Waals surface area (Å²) in [6, 6.07) is 16.7. The third-order valence-electron chi connectivity index (χ3n) is 5.07. The first-order valence-electron chi connectivity index (χ1n) is 10.8. The molecule has 0 aliphatic carbocycles. The largest absolute Gasteiger partial charge is 0.350 e. The van der Waals surface area contributed by atoms with E-state index >= 15 is 0 Å². The van der Waals surface area contributed by atoms with E-state index in [0.29, 0.717) is 21.7 Å². The van der Waals surface area contributed by atoms with Crippen LogP contribution < -0.4 is 10.9 Å². The molecular formula is C26H21ClFN3O3S. The number of rotatable bonds is 7.